The van der Waals surface area contributed by atoms with Crippen molar-refractivity contribution in [2.24, 2.45) is 0 Å². The monoisotopic (exact) mass is 209 g/mol. The van der Waals surface area contributed by atoms with Crippen LogP contribution in [0.25, 0.3) is 10.9 Å². The number of rotatable bonds is 2. The Bertz CT molecular complexity index is 462. The number of aromatic nitrogens is 1. The summed E-state index contributed by atoms with van der Waals surface area (Å²) in [5.74, 6) is 0. The van der Waals surface area contributed by atoms with Gasteiger partial charge in [-0.05, 0) is 31.0 Å². The fourth-order valence-electron chi connectivity index (χ4n) is 1.82. The molecule has 0 unspecified atom stereocenters. The van der Waals surface area contributed by atoms with Crippen molar-refractivity contribution >= 4 is 22.5 Å². The number of aromatic amines is 1. The lowest BCUT2D eigenvalue weighted by Crippen LogP contribution is -1.91. The molecule has 74 valence electrons. The van der Waals surface area contributed by atoms with Crippen LogP contribution in [0.2, 0.25) is 5.02 Å². The molecule has 3 heteroatoms. The molecule has 0 aliphatic heterocycles. The van der Waals surface area contributed by atoms with Crippen molar-refractivity contribution in [3.63, 3.8) is 0 Å². The lowest BCUT2D eigenvalue weighted by molar-refractivity contribution is 0.300. The second-order valence-corrected chi connectivity index (χ2v) is 3.77. The minimum absolute atomic E-state index is 0.152. The van der Waals surface area contributed by atoms with E-state index < -0.39 is 0 Å². The fraction of sp³-hybridized carbons (Fsp3) is 0.273. The zero-order valence-electron chi connectivity index (χ0n) is 7.97. The average Bonchev–Trinajstić information content (AvgIpc) is 2.45. The van der Waals surface area contributed by atoms with Gasteiger partial charge < -0.3 is 10.1 Å². The topological polar surface area (TPSA) is 36.0 Å². The van der Waals surface area contributed by atoms with Crippen molar-refractivity contribution in [2.45, 2.75) is 13.3 Å². The Balaban J connectivity index is 2.73. The lowest BCUT2D eigenvalue weighted by Gasteiger charge is -1.99. The van der Waals surface area contributed by atoms with Gasteiger partial charge in [0.05, 0.1) is 5.02 Å². The van der Waals surface area contributed by atoms with Gasteiger partial charge in [-0.2, -0.15) is 0 Å². The standard InChI is InChI=1S/C11H12ClNO/c1-7-8(5-6-14)11-9(12)3-2-4-10(11)13-7/h2-4,13-14H,5-6H2,1H3. The largest absolute Gasteiger partial charge is 0.396 e. The summed E-state index contributed by atoms with van der Waals surface area (Å²) in [4.78, 5) is 3.26. The van der Waals surface area contributed by atoms with Crippen LogP contribution in [0.4, 0.5) is 0 Å². The number of aliphatic hydroxyl groups is 1. The number of fused-ring (bicyclic) bond motifs is 1. The van der Waals surface area contributed by atoms with Gasteiger partial charge in [0, 0.05) is 23.2 Å². The Morgan fingerprint density at radius 2 is 2.21 bits per heavy atom. The van der Waals surface area contributed by atoms with Crippen molar-refractivity contribution < 1.29 is 5.11 Å². The molecule has 2 rings (SSSR count). The van der Waals surface area contributed by atoms with Crippen LogP contribution in [-0.2, 0) is 6.42 Å². The SMILES string of the molecule is Cc1[nH]c2cccc(Cl)c2c1CCO. The summed E-state index contributed by atoms with van der Waals surface area (Å²) in [6, 6.07) is 5.79. The van der Waals surface area contributed by atoms with E-state index in [1.807, 2.05) is 25.1 Å². The van der Waals surface area contributed by atoms with Gasteiger partial charge in [0.1, 0.15) is 0 Å². The molecular weight excluding hydrogens is 198 g/mol. The molecule has 14 heavy (non-hydrogen) atoms. The maximum absolute atomic E-state index is 8.96. The number of benzene rings is 1. The number of halogens is 1. The van der Waals surface area contributed by atoms with Gasteiger partial charge >= 0.3 is 0 Å². The molecule has 0 aliphatic rings. The van der Waals surface area contributed by atoms with Gasteiger partial charge in [0.25, 0.3) is 0 Å². The molecular formula is C11H12ClNO. The fourth-order valence-corrected chi connectivity index (χ4v) is 2.11. The van der Waals surface area contributed by atoms with Crippen molar-refractivity contribution in [2.75, 3.05) is 6.61 Å². The predicted molar refractivity (Wildman–Crippen MR) is 58.8 cm³/mol. The highest BCUT2D eigenvalue weighted by Crippen LogP contribution is 2.29. The molecule has 0 amide bonds. The normalized spacial score (nSPS) is 11.1. The number of H-pyrrole nitrogens is 1. The molecule has 0 saturated heterocycles. The average molecular weight is 210 g/mol. The maximum atomic E-state index is 8.96. The highest BCUT2D eigenvalue weighted by molar-refractivity contribution is 6.35. The number of aliphatic hydroxyl groups excluding tert-OH is 1. The molecule has 0 atom stereocenters. The van der Waals surface area contributed by atoms with E-state index in [0.29, 0.717) is 6.42 Å². The summed E-state index contributed by atoms with van der Waals surface area (Å²) in [6.45, 7) is 2.15. The van der Waals surface area contributed by atoms with Crippen LogP contribution in [0.3, 0.4) is 0 Å². The van der Waals surface area contributed by atoms with E-state index in [-0.39, 0.29) is 6.61 Å². The van der Waals surface area contributed by atoms with Crippen molar-refractivity contribution in [1.29, 1.82) is 0 Å². The Labute approximate surface area is 87.5 Å². The number of hydrogen-bond donors (Lipinski definition) is 2. The number of nitrogens with one attached hydrogen (secondary N) is 1. The quantitative estimate of drug-likeness (QED) is 0.784. The van der Waals surface area contributed by atoms with E-state index in [1.165, 1.54) is 0 Å². The zero-order valence-corrected chi connectivity index (χ0v) is 8.73. The third kappa shape index (κ3) is 1.41. The molecule has 0 saturated carbocycles. The molecule has 1 aromatic heterocycles. The molecule has 2 aromatic rings. The first-order valence-electron chi connectivity index (χ1n) is 4.60. The molecule has 0 aliphatic carbocycles. The van der Waals surface area contributed by atoms with Gasteiger partial charge in [-0.15, -0.1) is 0 Å². The van der Waals surface area contributed by atoms with Crippen LogP contribution in [0, 0.1) is 6.92 Å². The van der Waals surface area contributed by atoms with Crippen LogP contribution in [0.1, 0.15) is 11.3 Å². The first-order chi connectivity index (χ1) is 6.74. The molecule has 1 heterocycles. The molecule has 2 nitrogen and oxygen atoms in total. The van der Waals surface area contributed by atoms with E-state index >= 15 is 0 Å². The van der Waals surface area contributed by atoms with Gasteiger partial charge in [-0.3, -0.25) is 0 Å². The summed E-state index contributed by atoms with van der Waals surface area (Å²) in [5, 5.41) is 10.7. The molecule has 0 fully saturated rings. The molecule has 0 bridgehead atoms. The first-order valence-corrected chi connectivity index (χ1v) is 4.98. The van der Waals surface area contributed by atoms with Crippen LogP contribution in [-0.4, -0.2) is 16.7 Å². The second kappa shape index (κ2) is 3.64. The first kappa shape index (κ1) is 9.56. The summed E-state index contributed by atoms with van der Waals surface area (Å²) in [6.07, 6.45) is 0.648. The van der Waals surface area contributed by atoms with E-state index in [9.17, 15) is 0 Å². The summed E-state index contributed by atoms with van der Waals surface area (Å²) < 4.78 is 0. The highest BCUT2D eigenvalue weighted by atomic mass is 35.5. The summed E-state index contributed by atoms with van der Waals surface area (Å²) in [7, 11) is 0. The zero-order chi connectivity index (χ0) is 10.1. The Morgan fingerprint density at radius 1 is 1.43 bits per heavy atom. The highest BCUT2D eigenvalue weighted by Gasteiger charge is 2.09. The Morgan fingerprint density at radius 3 is 2.93 bits per heavy atom. The van der Waals surface area contributed by atoms with Crippen molar-refractivity contribution in [1.82, 2.24) is 4.98 Å². The van der Waals surface area contributed by atoms with Crippen LogP contribution in [0.5, 0.6) is 0 Å². The minimum atomic E-state index is 0.152. The third-order valence-corrected chi connectivity index (χ3v) is 2.77. The predicted octanol–water partition coefficient (Wildman–Crippen LogP) is 2.66. The van der Waals surface area contributed by atoms with E-state index in [2.05, 4.69) is 4.98 Å². The Hall–Kier alpha value is -0.990. The smallest absolute Gasteiger partial charge is 0.0502 e. The van der Waals surface area contributed by atoms with E-state index in [4.69, 9.17) is 16.7 Å². The molecule has 0 spiro atoms. The van der Waals surface area contributed by atoms with Crippen molar-refractivity contribution in [3.8, 4) is 0 Å². The third-order valence-electron chi connectivity index (χ3n) is 2.45. The van der Waals surface area contributed by atoms with Gasteiger partial charge in [0.15, 0.2) is 0 Å². The second-order valence-electron chi connectivity index (χ2n) is 3.36. The van der Waals surface area contributed by atoms with Gasteiger partial charge in [-0.1, -0.05) is 17.7 Å². The summed E-state index contributed by atoms with van der Waals surface area (Å²) in [5.41, 5.74) is 3.24. The van der Waals surface area contributed by atoms with Gasteiger partial charge in [-0.25, -0.2) is 0 Å². The molecule has 1 aromatic carbocycles. The van der Waals surface area contributed by atoms with E-state index in [0.717, 1.165) is 27.2 Å². The number of aryl methyl sites for hydroxylation is 1. The van der Waals surface area contributed by atoms with Crippen molar-refractivity contribution in [3.05, 3.63) is 34.5 Å². The maximum Gasteiger partial charge on any atom is 0.0502 e. The number of hydrogen-bond acceptors (Lipinski definition) is 1. The lowest BCUT2D eigenvalue weighted by atomic mass is 10.1. The van der Waals surface area contributed by atoms with Crippen LogP contribution in [0.15, 0.2) is 18.2 Å². The van der Waals surface area contributed by atoms with Gasteiger partial charge in [0.2, 0.25) is 0 Å². The Kier molecular flexibility index (Phi) is 2.48. The molecule has 2 N–H and O–H groups in total. The summed E-state index contributed by atoms with van der Waals surface area (Å²) >= 11 is 6.11. The molecule has 0 radical (unpaired) electrons. The van der Waals surface area contributed by atoms with Crippen LogP contribution < -0.4 is 0 Å². The minimum Gasteiger partial charge on any atom is -0.396 e. The van der Waals surface area contributed by atoms with E-state index in [1.54, 1.807) is 0 Å². The van der Waals surface area contributed by atoms with Crippen LogP contribution >= 0.6 is 11.6 Å².